The molecule has 5 nitrogen and oxygen atoms in total. The van der Waals surface area contributed by atoms with Gasteiger partial charge in [-0.15, -0.1) is 0 Å². The molecule has 2 aromatic rings. The average Bonchev–Trinajstić information content (AvgIpc) is 2.69. The maximum Gasteiger partial charge on any atom is 0.314 e. The van der Waals surface area contributed by atoms with Crippen molar-refractivity contribution in [3.8, 4) is 0 Å². The van der Waals surface area contributed by atoms with Crippen LogP contribution in [0.25, 0.3) is 0 Å². The Balaban J connectivity index is 1.92. The molecule has 0 aliphatic rings. The minimum absolute atomic E-state index is 0.144. The summed E-state index contributed by atoms with van der Waals surface area (Å²) in [7, 11) is 0. The first-order chi connectivity index (χ1) is 13.5. The van der Waals surface area contributed by atoms with Gasteiger partial charge in [0, 0.05) is 0 Å². The topological polar surface area (TPSA) is 91.7 Å². The van der Waals surface area contributed by atoms with Crippen LogP contribution in [0.3, 0.4) is 0 Å². The molecule has 0 fully saturated rings. The van der Waals surface area contributed by atoms with Crippen LogP contribution in [0.5, 0.6) is 0 Å². The SMILES string of the molecule is O=C(O)C(CCCc1ccccc1)C(=O)C(CCCc1ccccc1)C(=O)O. The normalized spacial score (nSPS) is 12.9. The molecular formula is C23H26O5. The van der Waals surface area contributed by atoms with Crippen LogP contribution in [0.4, 0.5) is 0 Å². The van der Waals surface area contributed by atoms with E-state index < -0.39 is 29.6 Å². The van der Waals surface area contributed by atoms with Crippen LogP contribution in [-0.2, 0) is 27.2 Å². The summed E-state index contributed by atoms with van der Waals surface area (Å²) in [6.45, 7) is 0. The number of rotatable bonds is 12. The molecule has 2 aromatic carbocycles. The van der Waals surface area contributed by atoms with Crippen molar-refractivity contribution in [3.63, 3.8) is 0 Å². The van der Waals surface area contributed by atoms with Crippen LogP contribution in [0.1, 0.15) is 36.8 Å². The highest BCUT2D eigenvalue weighted by Crippen LogP contribution is 2.21. The quantitative estimate of drug-likeness (QED) is 0.541. The number of aliphatic carboxylic acids is 2. The highest BCUT2D eigenvalue weighted by atomic mass is 16.4. The second-order valence-corrected chi connectivity index (χ2v) is 6.94. The fraction of sp³-hybridized carbons (Fsp3) is 0.348. The number of carboxylic acid groups (broad SMARTS) is 2. The van der Waals surface area contributed by atoms with Crippen molar-refractivity contribution < 1.29 is 24.6 Å². The molecule has 2 rings (SSSR count). The number of benzene rings is 2. The van der Waals surface area contributed by atoms with Gasteiger partial charge in [-0.25, -0.2) is 0 Å². The molecule has 148 valence electrons. The second kappa shape index (κ2) is 11.0. The molecule has 0 radical (unpaired) electrons. The number of ketones is 1. The molecular weight excluding hydrogens is 356 g/mol. The number of aryl methyl sites for hydroxylation is 2. The second-order valence-electron chi connectivity index (χ2n) is 6.94. The van der Waals surface area contributed by atoms with Crippen LogP contribution in [-0.4, -0.2) is 27.9 Å². The molecule has 0 saturated carbocycles. The van der Waals surface area contributed by atoms with Crippen LogP contribution in [0, 0.1) is 11.8 Å². The summed E-state index contributed by atoms with van der Waals surface area (Å²) in [5.41, 5.74) is 2.13. The summed E-state index contributed by atoms with van der Waals surface area (Å²) in [5, 5.41) is 18.9. The lowest BCUT2D eigenvalue weighted by atomic mass is 9.85. The van der Waals surface area contributed by atoms with Crippen LogP contribution in [0.2, 0.25) is 0 Å². The first-order valence-electron chi connectivity index (χ1n) is 9.56. The fourth-order valence-corrected chi connectivity index (χ4v) is 3.33. The van der Waals surface area contributed by atoms with E-state index in [1.807, 2.05) is 60.7 Å². The van der Waals surface area contributed by atoms with E-state index in [4.69, 9.17) is 0 Å². The molecule has 2 unspecified atom stereocenters. The van der Waals surface area contributed by atoms with Gasteiger partial charge in [0.1, 0.15) is 11.8 Å². The number of carbonyl (C=O) groups is 3. The highest BCUT2D eigenvalue weighted by Gasteiger charge is 2.35. The van der Waals surface area contributed by atoms with Crippen molar-refractivity contribution in [3.05, 3.63) is 71.8 Å². The van der Waals surface area contributed by atoms with E-state index in [-0.39, 0.29) is 12.8 Å². The van der Waals surface area contributed by atoms with Crippen LogP contribution >= 0.6 is 0 Å². The molecule has 2 N–H and O–H groups in total. The van der Waals surface area contributed by atoms with E-state index >= 15 is 0 Å². The average molecular weight is 382 g/mol. The number of carboxylic acids is 2. The number of Topliss-reactive ketones (excluding diaryl/α,β-unsaturated/α-hetero) is 1. The standard InChI is InChI=1S/C23H26O5/c24-21(19(22(25)26)15-7-13-17-9-3-1-4-10-17)20(23(27)28)16-8-14-18-11-5-2-6-12-18/h1-6,9-12,19-20H,7-8,13-16H2,(H,25,26)(H,27,28). The Bertz CT molecular complexity index is 705. The van der Waals surface area contributed by atoms with E-state index in [9.17, 15) is 24.6 Å². The molecule has 0 bridgehead atoms. The smallest absolute Gasteiger partial charge is 0.314 e. The number of hydrogen-bond donors (Lipinski definition) is 2. The van der Waals surface area contributed by atoms with Crippen molar-refractivity contribution in [1.82, 2.24) is 0 Å². The lowest BCUT2D eigenvalue weighted by Gasteiger charge is -2.17. The van der Waals surface area contributed by atoms with E-state index in [1.54, 1.807) is 0 Å². The van der Waals surface area contributed by atoms with Gasteiger partial charge in [-0.05, 0) is 49.7 Å². The predicted molar refractivity (Wildman–Crippen MR) is 106 cm³/mol. The molecule has 5 heteroatoms. The molecule has 0 aliphatic heterocycles. The van der Waals surface area contributed by atoms with E-state index in [0.29, 0.717) is 25.7 Å². The van der Waals surface area contributed by atoms with Gasteiger partial charge in [0.2, 0.25) is 0 Å². The summed E-state index contributed by atoms with van der Waals surface area (Å²) >= 11 is 0. The molecule has 0 aliphatic carbocycles. The zero-order valence-electron chi connectivity index (χ0n) is 15.8. The Morgan fingerprint density at radius 2 is 1.00 bits per heavy atom. The Morgan fingerprint density at radius 3 is 1.32 bits per heavy atom. The van der Waals surface area contributed by atoms with Crippen LogP contribution in [0.15, 0.2) is 60.7 Å². The van der Waals surface area contributed by atoms with Crippen LogP contribution < -0.4 is 0 Å². The van der Waals surface area contributed by atoms with Gasteiger partial charge in [-0.2, -0.15) is 0 Å². The van der Waals surface area contributed by atoms with E-state index in [2.05, 4.69) is 0 Å². The van der Waals surface area contributed by atoms with Crippen molar-refractivity contribution in [2.45, 2.75) is 38.5 Å². The highest BCUT2D eigenvalue weighted by molar-refractivity contribution is 6.07. The monoisotopic (exact) mass is 382 g/mol. The van der Waals surface area contributed by atoms with Gasteiger partial charge >= 0.3 is 11.9 Å². The first kappa shape index (κ1) is 21.4. The Hall–Kier alpha value is -2.95. The molecule has 0 amide bonds. The Morgan fingerprint density at radius 1 is 0.643 bits per heavy atom. The summed E-state index contributed by atoms with van der Waals surface area (Å²) in [6.07, 6.45) is 2.64. The van der Waals surface area contributed by atoms with Crippen molar-refractivity contribution >= 4 is 17.7 Å². The molecule has 0 heterocycles. The summed E-state index contributed by atoms with van der Waals surface area (Å²) < 4.78 is 0. The third-order valence-electron chi connectivity index (χ3n) is 4.89. The zero-order valence-corrected chi connectivity index (χ0v) is 15.8. The predicted octanol–water partition coefficient (Wildman–Crippen LogP) is 4.00. The number of carbonyl (C=O) groups excluding carboxylic acids is 1. The maximum atomic E-state index is 12.6. The number of hydrogen-bond acceptors (Lipinski definition) is 3. The lowest BCUT2D eigenvalue weighted by Crippen LogP contribution is -2.34. The molecule has 0 aromatic heterocycles. The lowest BCUT2D eigenvalue weighted by molar-refractivity contribution is -0.152. The van der Waals surface area contributed by atoms with Gasteiger partial charge in [0.25, 0.3) is 0 Å². The van der Waals surface area contributed by atoms with Gasteiger partial charge in [0.05, 0.1) is 0 Å². The van der Waals surface area contributed by atoms with Crippen molar-refractivity contribution in [2.24, 2.45) is 11.8 Å². The zero-order chi connectivity index (χ0) is 20.4. The minimum Gasteiger partial charge on any atom is -0.481 e. The minimum atomic E-state index is -1.28. The molecule has 2 atom stereocenters. The molecule has 0 spiro atoms. The fourth-order valence-electron chi connectivity index (χ4n) is 3.33. The largest absolute Gasteiger partial charge is 0.481 e. The third kappa shape index (κ3) is 6.65. The molecule has 28 heavy (non-hydrogen) atoms. The van der Waals surface area contributed by atoms with Gasteiger partial charge in [-0.1, -0.05) is 60.7 Å². The Labute approximate surface area is 165 Å². The van der Waals surface area contributed by atoms with E-state index in [0.717, 1.165) is 11.1 Å². The summed E-state index contributed by atoms with van der Waals surface area (Å²) in [6, 6.07) is 19.2. The van der Waals surface area contributed by atoms with Gasteiger partial charge in [0.15, 0.2) is 5.78 Å². The third-order valence-corrected chi connectivity index (χ3v) is 4.89. The summed E-state index contributed by atoms with van der Waals surface area (Å²) in [5.74, 6) is -5.73. The van der Waals surface area contributed by atoms with Crippen molar-refractivity contribution in [2.75, 3.05) is 0 Å². The van der Waals surface area contributed by atoms with E-state index in [1.165, 1.54) is 0 Å². The Kier molecular flexibility index (Phi) is 8.40. The van der Waals surface area contributed by atoms with Gasteiger partial charge in [-0.3, -0.25) is 14.4 Å². The first-order valence-corrected chi connectivity index (χ1v) is 9.56. The summed E-state index contributed by atoms with van der Waals surface area (Å²) in [4.78, 5) is 35.8. The molecule has 0 saturated heterocycles. The van der Waals surface area contributed by atoms with Gasteiger partial charge < -0.3 is 10.2 Å². The van der Waals surface area contributed by atoms with Crippen molar-refractivity contribution in [1.29, 1.82) is 0 Å². The maximum absolute atomic E-state index is 12.6.